The first-order chi connectivity index (χ1) is 15.9. The zero-order chi connectivity index (χ0) is 21.1. The lowest BCUT2D eigenvalue weighted by atomic mass is 9.94. The van der Waals surface area contributed by atoms with Gasteiger partial charge >= 0.3 is 0 Å². The van der Waals surface area contributed by atoms with Gasteiger partial charge in [-0.05, 0) is 67.1 Å². The van der Waals surface area contributed by atoms with Crippen molar-refractivity contribution in [2.75, 3.05) is 0 Å². The van der Waals surface area contributed by atoms with Gasteiger partial charge in [-0.15, -0.1) is 0 Å². The maximum absolute atomic E-state index is 4.25. The molecule has 148 valence electrons. The van der Waals surface area contributed by atoms with Gasteiger partial charge in [0.05, 0.1) is 0 Å². The van der Waals surface area contributed by atoms with Crippen molar-refractivity contribution in [2.45, 2.75) is 0 Å². The zero-order valence-electron chi connectivity index (χ0n) is 17.2. The largest absolute Gasteiger partial charge is 0.225 e. The number of benzene rings is 5. The van der Waals surface area contributed by atoms with Crippen LogP contribution in [0.5, 0.6) is 0 Å². The Labute approximate surface area is 185 Å². The lowest BCUT2D eigenvalue weighted by Gasteiger charge is -2.10. The smallest absolute Gasteiger partial charge is 0.162 e. The van der Waals surface area contributed by atoms with E-state index in [1.165, 1.54) is 67.6 Å². The third-order valence-corrected chi connectivity index (χ3v) is 6.44. The minimum absolute atomic E-state index is 0.689. The summed E-state index contributed by atoms with van der Waals surface area (Å²) in [4.78, 5) is 12.4. The summed E-state index contributed by atoms with van der Waals surface area (Å²) in [6.45, 7) is 0. The van der Waals surface area contributed by atoms with Crippen molar-refractivity contribution >= 4 is 21.5 Å². The summed E-state index contributed by atoms with van der Waals surface area (Å²) < 4.78 is 0. The Bertz CT molecular complexity index is 1650. The van der Waals surface area contributed by atoms with E-state index in [9.17, 15) is 0 Å². The summed E-state index contributed by atoms with van der Waals surface area (Å²) in [6, 6.07) is 32.9. The van der Waals surface area contributed by atoms with Gasteiger partial charge in [0.25, 0.3) is 0 Å². The van der Waals surface area contributed by atoms with Crippen LogP contribution >= 0.6 is 0 Å². The van der Waals surface area contributed by atoms with E-state index in [0.717, 1.165) is 5.56 Å². The number of aromatic nitrogens is 3. The molecule has 0 aliphatic heterocycles. The Hall–Kier alpha value is -4.37. The number of fused-ring (bicyclic) bond motifs is 5. The standard InChI is InChI=1S/C29H17N3/c1-2-6-23-21(4-1)14-22-5-3-7-25-24-13-12-20(15-26(24)28(23)27(22)25)18-8-10-19(11-9-18)29-31-16-30-17-32-29/h1-17H. The van der Waals surface area contributed by atoms with Crippen molar-refractivity contribution in [1.82, 2.24) is 15.0 Å². The fourth-order valence-corrected chi connectivity index (χ4v) is 4.99. The average molecular weight is 407 g/mol. The van der Waals surface area contributed by atoms with Crippen molar-refractivity contribution in [1.29, 1.82) is 0 Å². The first-order valence-corrected chi connectivity index (χ1v) is 10.7. The SMILES string of the molecule is c1ccc2c3c4c(cccc4cc2c1)-c1ccc(-c2ccc(-c4ncncn4)cc2)cc1-3. The highest BCUT2D eigenvalue weighted by Gasteiger charge is 2.23. The molecular formula is C29H17N3. The van der Waals surface area contributed by atoms with E-state index >= 15 is 0 Å². The van der Waals surface area contributed by atoms with Crippen LogP contribution in [-0.4, -0.2) is 15.0 Å². The van der Waals surface area contributed by atoms with Crippen molar-refractivity contribution in [2.24, 2.45) is 0 Å². The van der Waals surface area contributed by atoms with Gasteiger partial charge in [-0.1, -0.05) is 78.9 Å². The van der Waals surface area contributed by atoms with Crippen LogP contribution in [0.4, 0.5) is 0 Å². The number of hydrogen-bond acceptors (Lipinski definition) is 3. The van der Waals surface area contributed by atoms with Crippen molar-refractivity contribution in [3.8, 4) is 44.8 Å². The molecule has 0 atom stereocenters. The molecular weight excluding hydrogens is 390 g/mol. The second-order valence-electron chi connectivity index (χ2n) is 8.18. The maximum Gasteiger partial charge on any atom is 0.162 e. The van der Waals surface area contributed by atoms with Crippen LogP contribution in [0.15, 0.2) is 104 Å². The molecule has 0 N–H and O–H groups in total. The first kappa shape index (κ1) is 17.3. The number of hydrogen-bond donors (Lipinski definition) is 0. The van der Waals surface area contributed by atoms with E-state index in [2.05, 4.69) is 106 Å². The molecule has 3 nitrogen and oxygen atoms in total. The van der Waals surface area contributed by atoms with E-state index in [4.69, 9.17) is 0 Å². The molecule has 3 heteroatoms. The third kappa shape index (κ3) is 2.45. The lowest BCUT2D eigenvalue weighted by Crippen LogP contribution is -1.89. The molecule has 0 saturated heterocycles. The Morgan fingerprint density at radius 2 is 1.25 bits per heavy atom. The molecule has 0 bridgehead atoms. The maximum atomic E-state index is 4.25. The van der Waals surface area contributed by atoms with Crippen LogP contribution in [0.3, 0.4) is 0 Å². The van der Waals surface area contributed by atoms with Crippen LogP contribution in [0.2, 0.25) is 0 Å². The number of rotatable bonds is 2. The van der Waals surface area contributed by atoms with Gasteiger partial charge in [0.1, 0.15) is 12.7 Å². The molecule has 6 aromatic rings. The summed E-state index contributed by atoms with van der Waals surface area (Å²) in [5.41, 5.74) is 8.68. The molecule has 5 aromatic carbocycles. The Kier molecular flexibility index (Phi) is 3.55. The van der Waals surface area contributed by atoms with Crippen LogP contribution in [0, 0.1) is 0 Å². The lowest BCUT2D eigenvalue weighted by molar-refractivity contribution is 1.06. The second-order valence-corrected chi connectivity index (χ2v) is 8.18. The van der Waals surface area contributed by atoms with E-state index in [0.29, 0.717) is 5.82 Å². The zero-order valence-corrected chi connectivity index (χ0v) is 17.2. The molecule has 0 fully saturated rings. The van der Waals surface area contributed by atoms with Crippen LogP contribution in [0.1, 0.15) is 0 Å². The fraction of sp³-hybridized carbons (Fsp3) is 0. The van der Waals surface area contributed by atoms with Gasteiger partial charge in [-0.25, -0.2) is 15.0 Å². The van der Waals surface area contributed by atoms with Gasteiger partial charge in [0.2, 0.25) is 0 Å². The fourth-order valence-electron chi connectivity index (χ4n) is 4.99. The van der Waals surface area contributed by atoms with Crippen molar-refractivity contribution in [3.63, 3.8) is 0 Å². The number of nitrogens with zero attached hydrogens (tertiary/aromatic N) is 3. The summed E-state index contributed by atoms with van der Waals surface area (Å²) in [5, 5.41) is 5.26. The highest BCUT2D eigenvalue weighted by Crippen LogP contribution is 2.51. The summed E-state index contributed by atoms with van der Waals surface area (Å²) in [6.07, 6.45) is 3.05. The second kappa shape index (κ2) is 6.56. The molecule has 0 radical (unpaired) electrons. The predicted octanol–water partition coefficient (Wildman–Crippen LogP) is 7.16. The van der Waals surface area contributed by atoms with Crippen LogP contribution in [-0.2, 0) is 0 Å². The summed E-state index contributed by atoms with van der Waals surface area (Å²) in [5.74, 6) is 0.689. The van der Waals surface area contributed by atoms with Crippen molar-refractivity contribution < 1.29 is 0 Å². The quantitative estimate of drug-likeness (QED) is 0.285. The van der Waals surface area contributed by atoms with E-state index in [1.807, 2.05) is 0 Å². The Balaban J connectivity index is 1.42. The summed E-state index contributed by atoms with van der Waals surface area (Å²) in [7, 11) is 0. The topological polar surface area (TPSA) is 38.7 Å². The van der Waals surface area contributed by atoms with Gasteiger partial charge in [0.15, 0.2) is 5.82 Å². The van der Waals surface area contributed by atoms with E-state index < -0.39 is 0 Å². The monoisotopic (exact) mass is 407 g/mol. The van der Waals surface area contributed by atoms with Gasteiger partial charge in [0, 0.05) is 5.56 Å². The highest BCUT2D eigenvalue weighted by molar-refractivity contribution is 6.24. The Morgan fingerprint density at radius 1 is 0.500 bits per heavy atom. The highest BCUT2D eigenvalue weighted by atomic mass is 15.0. The molecule has 0 saturated carbocycles. The van der Waals surface area contributed by atoms with Crippen LogP contribution < -0.4 is 0 Å². The van der Waals surface area contributed by atoms with E-state index in [-0.39, 0.29) is 0 Å². The molecule has 1 aliphatic carbocycles. The summed E-state index contributed by atoms with van der Waals surface area (Å²) >= 11 is 0. The first-order valence-electron chi connectivity index (χ1n) is 10.7. The molecule has 0 spiro atoms. The van der Waals surface area contributed by atoms with Gasteiger partial charge < -0.3 is 0 Å². The van der Waals surface area contributed by atoms with Crippen molar-refractivity contribution in [3.05, 3.63) is 104 Å². The minimum Gasteiger partial charge on any atom is -0.225 e. The minimum atomic E-state index is 0.689. The van der Waals surface area contributed by atoms with Crippen LogP contribution in [0.25, 0.3) is 66.3 Å². The van der Waals surface area contributed by atoms with Gasteiger partial charge in [-0.3, -0.25) is 0 Å². The molecule has 1 aromatic heterocycles. The molecule has 1 aliphatic rings. The van der Waals surface area contributed by atoms with E-state index in [1.54, 1.807) is 0 Å². The molecule has 7 rings (SSSR count). The molecule has 0 unspecified atom stereocenters. The molecule has 32 heavy (non-hydrogen) atoms. The van der Waals surface area contributed by atoms with Gasteiger partial charge in [-0.2, -0.15) is 0 Å². The third-order valence-electron chi connectivity index (χ3n) is 6.44. The molecule has 0 amide bonds. The Morgan fingerprint density at radius 3 is 2.12 bits per heavy atom. The average Bonchev–Trinajstić information content (AvgIpc) is 3.20. The molecule has 1 heterocycles. The predicted molar refractivity (Wildman–Crippen MR) is 130 cm³/mol. The normalized spacial score (nSPS) is 11.8.